The smallest absolute Gasteiger partial charge is 0.218 e. The van der Waals surface area contributed by atoms with Gasteiger partial charge in [0.05, 0.1) is 6.61 Å². The second-order valence-corrected chi connectivity index (χ2v) is 5.11. The molecule has 1 heterocycles. The van der Waals surface area contributed by atoms with Crippen molar-refractivity contribution < 1.29 is 4.74 Å². The Morgan fingerprint density at radius 2 is 1.90 bits per heavy atom. The Labute approximate surface area is 125 Å². The maximum absolute atomic E-state index is 5.73. The molecule has 0 aliphatic carbocycles. The molecule has 0 amide bonds. The van der Waals surface area contributed by atoms with Gasteiger partial charge in [-0.1, -0.05) is 12.1 Å². The van der Waals surface area contributed by atoms with E-state index in [2.05, 4.69) is 28.7 Å². The van der Waals surface area contributed by atoms with Crippen LogP contribution in [0, 0.1) is 0 Å². The van der Waals surface area contributed by atoms with E-state index in [1.165, 1.54) is 5.56 Å². The van der Waals surface area contributed by atoms with Crippen LogP contribution in [0.5, 0.6) is 5.88 Å². The van der Waals surface area contributed by atoms with Crippen molar-refractivity contribution in [1.29, 1.82) is 0 Å². The summed E-state index contributed by atoms with van der Waals surface area (Å²) < 4.78 is 5.45. The highest BCUT2D eigenvalue weighted by Crippen LogP contribution is 2.21. The van der Waals surface area contributed by atoms with Gasteiger partial charge in [-0.05, 0) is 38.5 Å². The Morgan fingerprint density at radius 3 is 2.52 bits per heavy atom. The Balaban J connectivity index is 2.22. The first-order chi connectivity index (χ1) is 10.1. The zero-order valence-corrected chi connectivity index (χ0v) is 12.8. The number of anilines is 2. The Kier molecular flexibility index (Phi) is 4.98. The maximum atomic E-state index is 5.73. The first-order valence-electron chi connectivity index (χ1n) is 7.16. The zero-order chi connectivity index (χ0) is 15.2. The van der Waals surface area contributed by atoms with Crippen molar-refractivity contribution in [3.8, 4) is 5.88 Å². The average Bonchev–Trinajstić information content (AvgIpc) is 2.47. The minimum atomic E-state index is 0.312. The SMILES string of the molecule is CCOc1cc(N(Cc2ccc(N)cc2)C(C)C)ncn1. The number of hydrogen-bond acceptors (Lipinski definition) is 5. The van der Waals surface area contributed by atoms with E-state index in [0.717, 1.165) is 18.1 Å². The van der Waals surface area contributed by atoms with Crippen LogP contribution < -0.4 is 15.4 Å². The number of rotatable bonds is 6. The quantitative estimate of drug-likeness (QED) is 0.827. The summed E-state index contributed by atoms with van der Waals surface area (Å²) in [6.07, 6.45) is 1.54. The molecule has 0 unspecified atom stereocenters. The summed E-state index contributed by atoms with van der Waals surface area (Å²) in [6, 6.07) is 10.1. The summed E-state index contributed by atoms with van der Waals surface area (Å²) in [6.45, 7) is 7.58. The predicted molar refractivity (Wildman–Crippen MR) is 85.4 cm³/mol. The predicted octanol–water partition coefficient (Wildman–Crippen LogP) is 2.87. The fourth-order valence-electron chi connectivity index (χ4n) is 2.06. The van der Waals surface area contributed by atoms with Crippen molar-refractivity contribution in [1.82, 2.24) is 9.97 Å². The van der Waals surface area contributed by atoms with Crippen molar-refractivity contribution in [2.75, 3.05) is 17.2 Å². The number of nitrogens with zero attached hydrogens (tertiary/aromatic N) is 3. The molecule has 0 radical (unpaired) electrons. The second-order valence-electron chi connectivity index (χ2n) is 5.11. The van der Waals surface area contributed by atoms with Crippen LogP contribution in [0.1, 0.15) is 26.3 Å². The lowest BCUT2D eigenvalue weighted by molar-refractivity contribution is 0.326. The van der Waals surface area contributed by atoms with Gasteiger partial charge in [-0.2, -0.15) is 0 Å². The molecule has 0 bridgehead atoms. The van der Waals surface area contributed by atoms with E-state index in [0.29, 0.717) is 18.5 Å². The highest BCUT2D eigenvalue weighted by molar-refractivity contribution is 5.44. The van der Waals surface area contributed by atoms with Crippen molar-refractivity contribution in [3.63, 3.8) is 0 Å². The minimum absolute atomic E-state index is 0.312. The minimum Gasteiger partial charge on any atom is -0.478 e. The van der Waals surface area contributed by atoms with Gasteiger partial charge in [-0.25, -0.2) is 9.97 Å². The van der Waals surface area contributed by atoms with Gasteiger partial charge in [0.15, 0.2) is 0 Å². The van der Waals surface area contributed by atoms with E-state index in [9.17, 15) is 0 Å². The van der Waals surface area contributed by atoms with Crippen molar-refractivity contribution in [2.45, 2.75) is 33.4 Å². The van der Waals surface area contributed by atoms with Crippen LogP contribution in [0.2, 0.25) is 0 Å². The molecule has 0 aliphatic heterocycles. The molecule has 21 heavy (non-hydrogen) atoms. The molecule has 1 aromatic heterocycles. The third kappa shape index (κ3) is 4.08. The Bertz CT molecular complexity index is 569. The van der Waals surface area contributed by atoms with Gasteiger partial charge in [-0.15, -0.1) is 0 Å². The van der Waals surface area contributed by atoms with Crippen LogP contribution in [0.3, 0.4) is 0 Å². The third-order valence-corrected chi connectivity index (χ3v) is 3.17. The average molecular weight is 286 g/mol. The monoisotopic (exact) mass is 286 g/mol. The van der Waals surface area contributed by atoms with Crippen molar-refractivity contribution in [3.05, 3.63) is 42.2 Å². The normalized spacial score (nSPS) is 10.7. The van der Waals surface area contributed by atoms with Gasteiger partial charge < -0.3 is 15.4 Å². The van der Waals surface area contributed by atoms with Gasteiger partial charge in [0.25, 0.3) is 0 Å². The fourth-order valence-corrected chi connectivity index (χ4v) is 2.06. The largest absolute Gasteiger partial charge is 0.478 e. The molecule has 0 saturated carbocycles. The van der Waals surface area contributed by atoms with Gasteiger partial charge in [-0.3, -0.25) is 0 Å². The van der Waals surface area contributed by atoms with Crippen LogP contribution in [-0.4, -0.2) is 22.6 Å². The summed E-state index contributed by atoms with van der Waals surface area (Å²) >= 11 is 0. The van der Waals surface area contributed by atoms with E-state index >= 15 is 0 Å². The molecule has 0 fully saturated rings. The topological polar surface area (TPSA) is 64.3 Å². The molecular weight excluding hydrogens is 264 g/mol. The summed E-state index contributed by atoms with van der Waals surface area (Å²) in [5.74, 6) is 1.46. The molecule has 0 aliphatic rings. The number of aromatic nitrogens is 2. The van der Waals surface area contributed by atoms with Crippen LogP contribution in [-0.2, 0) is 6.54 Å². The lowest BCUT2D eigenvalue weighted by atomic mass is 10.1. The highest BCUT2D eigenvalue weighted by Gasteiger charge is 2.14. The second kappa shape index (κ2) is 6.92. The van der Waals surface area contributed by atoms with Crippen LogP contribution in [0.15, 0.2) is 36.7 Å². The Hall–Kier alpha value is -2.30. The molecule has 0 spiro atoms. The third-order valence-electron chi connectivity index (χ3n) is 3.17. The van der Waals surface area contributed by atoms with Gasteiger partial charge in [0.1, 0.15) is 12.1 Å². The van der Waals surface area contributed by atoms with Gasteiger partial charge in [0.2, 0.25) is 5.88 Å². The maximum Gasteiger partial charge on any atom is 0.218 e. The lowest BCUT2D eigenvalue weighted by Crippen LogP contribution is -2.31. The van der Waals surface area contributed by atoms with Crippen LogP contribution in [0.4, 0.5) is 11.5 Å². The fraction of sp³-hybridized carbons (Fsp3) is 0.375. The summed E-state index contributed by atoms with van der Waals surface area (Å²) in [5, 5.41) is 0. The standard InChI is InChI=1S/C16H22N4O/c1-4-21-16-9-15(18-11-19-16)20(12(2)3)10-13-5-7-14(17)8-6-13/h5-9,11-12H,4,10,17H2,1-3H3. The Morgan fingerprint density at radius 1 is 1.19 bits per heavy atom. The molecule has 2 aromatic rings. The molecule has 2 rings (SSSR count). The lowest BCUT2D eigenvalue weighted by Gasteiger charge is -2.28. The summed E-state index contributed by atoms with van der Waals surface area (Å²) in [5.41, 5.74) is 7.69. The first kappa shape index (κ1) is 15.1. The van der Waals surface area contributed by atoms with Gasteiger partial charge >= 0.3 is 0 Å². The van der Waals surface area contributed by atoms with Gasteiger partial charge in [0, 0.05) is 24.3 Å². The molecule has 5 heteroatoms. The van der Waals surface area contributed by atoms with E-state index in [1.54, 1.807) is 6.33 Å². The van der Waals surface area contributed by atoms with Crippen molar-refractivity contribution in [2.24, 2.45) is 0 Å². The zero-order valence-electron chi connectivity index (χ0n) is 12.8. The summed E-state index contributed by atoms with van der Waals surface area (Å²) in [7, 11) is 0. The van der Waals surface area contributed by atoms with E-state index < -0.39 is 0 Å². The van der Waals surface area contributed by atoms with Crippen LogP contribution >= 0.6 is 0 Å². The number of nitrogens with two attached hydrogens (primary N) is 1. The number of ether oxygens (including phenoxy) is 1. The number of nitrogen functional groups attached to an aromatic ring is 1. The molecule has 1 aromatic carbocycles. The molecule has 5 nitrogen and oxygen atoms in total. The molecule has 0 saturated heterocycles. The molecule has 0 atom stereocenters. The van der Waals surface area contributed by atoms with E-state index in [4.69, 9.17) is 10.5 Å². The molecule has 2 N–H and O–H groups in total. The number of benzene rings is 1. The van der Waals surface area contributed by atoms with E-state index in [1.807, 2.05) is 37.3 Å². The summed E-state index contributed by atoms with van der Waals surface area (Å²) in [4.78, 5) is 10.7. The van der Waals surface area contributed by atoms with Crippen molar-refractivity contribution >= 4 is 11.5 Å². The van der Waals surface area contributed by atoms with E-state index in [-0.39, 0.29) is 0 Å². The highest BCUT2D eigenvalue weighted by atomic mass is 16.5. The molecular formula is C16H22N4O. The first-order valence-corrected chi connectivity index (χ1v) is 7.16. The van der Waals surface area contributed by atoms with Crippen LogP contribution in [0.25, 0.3) is 0 Å². The number of hydrogen-bond donors (Lipinski definition) is 1. The molecule has 112 valence electrons.